The third-order valence-corrected chi connectivity index (χ3v) is 5.32. The number of sulfonamides is 1. The van der Waals surface area contributed by atoms with Crippen LogP contribution in [0.25, 0.3) is 11.1 Å². The number of aromatic nitrogens is 1. The van der Waals surface area contributed by atoms with Gasteiger partial charge in [0.25, 0.3) is 0 Å². The predicted molar refractivity (Wildman–Crippen MR) is 98.8 cm³/mol. The van der Waals surface area contributed by atoms with Gasteiger partial charge in [0.05, 0.1) is 11.4 Å². The standard InChI is InChI=1S/C19H20N2O3S/c1-13-6-4-5-7-17(13)12-25(22,23)21-18-10-8-16(9-11-18)19-14(2)20-24-15(19)3/h4-11,21H,12H2,1-3H3. The third kappa shape index (κ3) is 3.91. The zero-order chi connectivity index (χ0) is 18.0. The molecule has 0 aliphatic carbocycles. The molecule has 6 heteroatoms. The second-order valence-electron chi connectivity index (χ2n) is 6.06. The average Bonchev–Trinajstić information content (AvgIpc) is 2.89. The minimum Gasteiger partial charge on any atom is -0.361 e. The summed E-state index contributed by atoms with van der Waals surface area (Å²) in [5, 5.41) is 3.94. The van der Waals surface area contributed by atoms with E-state index in [4.69, 9.17) is 4.52 Å². The molecule has 1 N–H and O–H groups in total. The van der Waals surface area contributed by atoms with Crippen LogP contribution in [0.3, 0.4) is 0 Å². The van der Waals surface area contributed by atoms with Gasteiger partial charge in [-0.05, 0) is 49.6 Å². The van der Waals surface area contributed by atoms with E-state index >= 15 is 0 Å². The number of anilines is 1. The molecule has 5 nitrogen and oxygen atoms in total. The molecule has 1 aromatic heterocycles. The molecule has 1 heterocycles. The number of aryl methyl sites for hydroxylation is 3. The van der Waals surface area contributed by atoms with Gasteiger partial charge < -0.3 is 4.52 Å². The molecule has 0 aliphatic heterocycles. The monoisotopic (exact) mass is 356 g/mol. The summed E-state index contributed by atoms with van der Waals surface area (Å²) in [4.78, 5) is 0. The maximum atomic E-state index is 12.4. The minimum absolute atomic E-state index is 0.0503. The minimum atomic E-state index is -3.47. The Hall–Kier alpha value is -2.60. The average molecular weight is 356 g/mol. The Kier molecular flexibility index (Phi) is 4.63. The van der Waals surface area contributed by atoms with Crippen LogP contribution in [0.5, 0.6) is 0 Å². The van der Waals surface area contributed by atoms with Gasteiger partial charge in [0.1, 0.15) is 5.76 Å². The van der Waals surface area contributed by atoms with Crippen LogP contribution in [-0.2, 0) is 15.8 Å². The summed E-state index contributed by atoms with van der Waals surface area (Å²) in [7, 11) is -3.47. The Morgan fingerprint density at radius 1 is 1.00 bits per heavy atom. The van der Waals surface area contributed by atoms with Gasteiger partial charge in [0.15, 0.2) is 0 Å². The molecule has 0 atom stereocenters. The molecule has 0 saturated heterocycles. The fourth-order valence-corrected chi connectivity index (χ4v) is 4.09. The Bertz CT molecular complexity index is 970. The van der Waals surface area contributed by atoms with E-state index < -0.39 is 10.0 Å². The zero-order valence-corrected chi connectivity index (χ0v) is 15.2. The van der Waals surface area contributed by atoms with Gasteiger partial charge in [0.2, 0.25) is 10.0 Å². The van der Waals surface area contributed by atoms with Crippen LogP contribution in [0.4, 0.5) is 5.69 Å². The molecule has 0 spiro atoms. The van der Waals surface area contributed by atoms with Crippen molar-refractivity contribution in [2.45, 2.75) is 26.5 Å². The van der Waals surface area contributed by atoms with Crippen molar-refractivity contribution in [3.63, 3.8) is 0 Å². The van der Waals surface area contributed by atoms with Crippen molar-refractivity contribution in [1.82, 2.24) is 5.16 Å². The zero-order valence-electron chi connectivity index (χ0n) is 14.4. The van der Waals surface area contributed by atoms with Crippen molar-refractivity contribution in [3.05, 3.63) is 71.1 Å². The summed E-state index contributed by atoms with van der Waals surface area (Å²) in [5.41, 5.74) is 4.98. The van der Waals surface area contributed by atoms with Gasteiger partial charge in [0, 0.05) is 11.3 Å². The molecule has 0 aliphatic rings. The first kappa shape index (κ1) is 17.2. The van der Waals surface area contributed by atoms with E-state index in [1.807, 2.05) is 57.2 Å². The second kappa shape index (κ2) is 6.72. The fraction of sp³-hybridized carbons (Fsp3) is 0.211. The van der Waals surface area contributed by atoms with Crippen LogP contribution < -0.4 is 4.72 Å². The Morgan fingerprint density at radius 2 is 1.68 bits per heavy atom. The summed E-state index contributed by atoms with van der Waals surface area (Å²) in [6.07, 6.45) is 0. The van der Waals surface area contributed by atoms with Crippen LogP contribution in [0.2, 0.25) is 0 Å². The molecule has 3 aromatic rings. The van der Waals surface area contributed by atoms with Crippen molar-refractivity contribution in [2.24, 2.45) is 0 Å². The number of benzene rings is 2. The largest absolute Gasteiger partial charge is 0.361 e. The molecule has 0 radical (unpaired) electrons. The van der Waals surface area contributed by atoms with Crippen molar-refractivity contribution in [1.29, 1.82) is 0 Å². The van der Waals surface area contributed by atoms with Gasteiger partial charge in [-0.2, -0.15) is 0 Å². The van der Waals surface area contributed by atoms with Crippen molar-refractivity contribution in [3.8, 4) is 11.1 Å². The van der Waals surface area contributed by atoms with Crippen molar-refractivity contribution < 1.29 is 12.9 Å². The van der Waals surface area contributed by atoms with Crippen LogP contribution >= 0.6 is 0 Å². The quantitative estimate of drug-likeness (QED) is 0.743. The maximum Gasteiger partial charge on any atom is 0.236 e. The van der Waals surface area contributed by atoms with E-state index in [0.29, 0.717) is 5.69 Å². The molecule has 25 heavy (non-hydrogen) atoms. The van der Waals surface area contributed by atoms with E-state index in [9.17, 15) is 8.42 Å². The topological polar surface area (TPSA) is 72.2 Å². The fourth-order valence-electron chi connectivity index (χ4n) is 2.79. The maximum absolute atomic E-state index is 12.4. The number of nitrogens with zero attached hydrogens (tertiary/aromatic N) is 1. The number of hydrogen-bond donors (Lipinski definition) is 1. The molecular formula is C19H20N2O3S. The molecule has 3 rings (SSSR count). The first-order valence-electron chi connectivity index (χ1n) is 7.94. The number of nitrogens with one attached hydrogen (secondary N) is 1. The van der Waals surface area contributed by atoms with E-state index in [0.717, 1.165) is 33.7 Å². The summed E-state index contributed by atoms with van der Waals surface area (Å²) in [6.45, 7) is 5.64. The molecule has 0 saturated carbocycles. The van der Waals surface area contributed by atoms with Crippen LogP contribution in [0, 0.1) is 20.8 Å². The smallest absolute Gasteiger partial charge is 0.236 e. The molecular weight excluding hydrogens is 336 g/mol. The third-order valence-electron chi connectivity index (χ3n) is 4.09. The van der Waals surface area contributed by atoms with E-state index in [1.54, 1.807) is 12.1 Å². The predicted octanol–water partition coefficient (Wildman–Crippen LogP) is 4.21. The summed E-state index contributed by atoms with van der Waals surface area (Å²) in [5.74, 6) is 0.691. The van der Waals surface area contributed by atoms with Gasteiger partial charge in [-0.1, -0.05) is 41.6 Å². The second-order valence-corrected chi connectivity index (χ2v) is 7.79. The molecule has 2 aromatic carbocycles. The van der Waals surface area contributed by atoms with Gasteiger partial charge in [-0.15, -0.1) is 0 Å². The molecule has 0 bridgehead atoms. The van der Waals surface area contributed by atoms with Crippen molar-refractivity contribution >= 4 is 15.7 Å². The normalized spacial score (nSPS) is 11.5. The lowest BCUT2D eigenvalue weighted by Crippen LogP contribution is -2.15. The number of hydrogen-bond acceptors (Lipinski definition) is 4. The highest BCUT2D eigenvalue weighted by Crippen LogP contribution is 2.28. The summed E-state index contributed by atoms with van der Waals surface area (Å²) < 4.78 is 32.6. The highest BCUT2D eigenvalue weighted by atomic mass is 32.2. The first-order valence-corrected chi connectivity index (χ1v) is 9.59. The van der Waals surface area contributed by atoms with E-state index in [1.165, 1.54) is 0 Å². The summed E-state index contributed by atoms with van der Waals surface area (Å²) in [6, 6.07) is 14.7. The highest BCUT2D eigenvalue weighted by molar-refractivity contribution is 7.91. The van der Waals surface area contributed by atoms with Crippen LogP contribution in [0.1, 0.15) is 22.6 Å². The van der Waals surface area contributed by atoms with Crippen LogP contribution in [0.15, 0.2) is 53.1 Å². The molecule has 0 unspecified atom stereocenters. The summed E-state index contributed by atoms with van der Waals surface area (Å²) >= 11 is 0. The van der Waals surface area contributed by atoms with E-state index in [2.05, 4.69) is 9.88 Å². The SMILES string of the molecule is Cc1ccccc1CS(=O)(=O)Nc1ccc(-c2c(C)noc2C)cc1. The highest BCUT2D eigenvalue weighted by Gasteiger charge is 2.14. The first-order chi connectivity index (χ1) is 11.9. The lowest BCUT2D eigenvalue weighted by Gasteiger charge is -2.10. The Balaban J connectivity index is 1.78. The Labute approximate surface area is 147 Å². The van der Waals surface area contributed by atoms with Crippen LogP contribution in [-0.4, -0.2) is 13.6 Å². The van der Waals surface area contributed by atoms with E-state index in [-0.39, 0.29) is 5.75 Å². The van der Waals surface area contributed by atoms with Gasteiger partial charge in [-0.25, -0.2) is 8.42 Å². The lowest BCUT2D eigenvalue weighted by molar-refractivity contribution is 0.393. The van der Waals surface area contributed by atoms with Gasteiger partial charge >= 0.3 is 0 Å². The molecule has 130 valence electrons. The Morgan fingerprint density at radius 3 is 2.28 bits per heavy atom. The van der Waals surface area contributed by atoms with Gasteiger partial charge in [-0.3, -0.25) is 4.72 Å². The molecule has 0 fully saturated rings. The van der Waals surface area contributed by atoms with Crippen molar-refractivity contribution in [2.75, 3.05) is 4.72 Å². The lowest BCUT2D eigenvalue weighted by atomic mass is 10.0. The number of rotatable bonds is 5. The molecule has 0 amide bonds.